The van der Waals surface area contributed by atoms with Crippen LogP contribution in [0.5, 0.6) is 0 Å². The number of aliphatic hydroxyl groups is 1. The van der Waals surface area contributed by atoms with E-state index >= 15 is 0 Å². The van der Waals surface area contributed by atoms with Crippen molar-refractivity contribution in [2.45, 2.75) is 44.4 Å². The van der Waals surface area contributed by atoms with Crippen molar-refractivity contribution in [3.05, 3.63) is 59.3 Å². The molecule has 146 valence electrons. The molecule has 0 saturated carbocycles. The number of dihydropyridines is 1. The Labute approximate surface area is 155 Å². The average Bonchev–Trinajstić information content (AvgIpc) is 2.97. The van der Waals surface area contributed by atoms with Gasteiger partial charge in [0.15, 0.2) is 0 Å². The lowest BCUT2D eigenvalue weighted by Crippen LogP contribution is -2.47. The lowest BCUT2D eigenvalue weighted by molar-refractivity contribution is -0.214. The van der Waals surface area contributed by atoms with Gasteiger partial charge in [-0.3, -0.25) is 10.1 Å². The Morgan fingerprint density at radius 2 is 1.93 bits per heavy atom. The molecule has 4 unspecified atom stereocenters. The summed E-state index contributed by atoms with van der Waals surface area (Å²) in [4.78, 5) is 14.6. The van der Waals surface area contributed by atoms with Gasteiger partial charge in [-0.2, -0.15) is 13.2 Å². The van der Waals surface area contributed by atoms with Crippen LogP contribution in [-0.2, 0) is 4.79 Å². The van der Waals surface area contributed by atoms with Crippen LogP contribution >= 0.6 is 0 Å². The average molecular weight is 381 g/mol. The number of nitrogens with zero attached hydrogens (tertiary/aromatic N) is 1. The molecule has 0 aliphatic carbocycles. The summed E-state index contributed by atoms with van der Waals surface area (Å²) >= 11 is 0. The number of nitrogens with one attached hydrogen (secondary N) is 2. The number of aliphatic hydroxyl groups excluding tert-OH is 1. The highest BCUT2D eigenvalue weighted by Gasteiger charge is 2.41. The van der Waals surface area contributed by atoms with E-state index in [1.165, 1.54) is 6.92 Å². The number of hydrogen-bond donors (Lipinski definition) is 3. The number of rotatable bonds is 5. The smallest absolute Gasteiger partial charge is 0.382 e. The molecule has 1 amide bonds. The molecule has 1 aromatic rings. The summed E-state index contributed by atoms with van der Waals surface area (Å²) in [5.74, 6) is -0.141. The molecule has 2 aliphatic rings. The molecule has 8 heteroatoms. The largest absolute Gasteiger partial charge is 0.427 e. The fraction of sp³-hybridized carbons (Fsp3) is 0.421. The Hall–Kier alpha value is -2.32. The molecule has 3 rings (SSSR count). The van der Waals surface area contributed by atoms with Crippen molar-refractivity contribution in [2.75, 3.05) is 6.54 Å². The van der Waals surface area contributed by atoms with Crippen LogP contribution < -0.4 is 10.6 Å². The molecule has 0 spiro atoms. The van der Waals surface area contributed by atoms with Crippen LogP contribution in [0.25, 0.3) is 0 Å². The van der Waals surface area contributed by atoms with Crippen LogP contribution in [-0.4, -0.2) is 46.9 Å². The second-order valence-corrected chi connectivity index (χ2v) is 6.84. The Kier molecular flexibility index (Phi) is 5.30. The Morgan fingerprint density at radius 1 is 1.26 bits per heavy atom. The summed E-state index contributed by atoms with van der Waals surface area (Å²) in [6.45, 7) is 3.93. The maximum atomic E-state index is 12.8. The van der Waals surface area contributed by atoms with E-state index in [1.807, 2.05) is 37.3 Å². The molecule has 2 aliphatic heterocycles. The summed E-state index contributed by atoms with van der Waals surface area (Å²) < 4.78 is 37.6. The number of likely N-dealkylation sites (tertiary alicyclic amines) is 1. The summed E-state index contributed by atoms with van der Waals surface area (Å²) in [5.41, 5.74) is 2.01. The number of amides is 1. The van der Waals surface area contributed by atoms with Crippen LogP contribution in [0.2, 0.25) is 0 Å². The summed E-state index contributed by atoms with van der Waals surface area (Å²) in [7, 11) is 0. The number of alkyl halides is 3. The van der Waals surface area contributed by atoms with Crippen molar-refractivity contribution < 1.29 is 23.1 Å². The summed E-state index contributed by atoms with van der Waals surface area (Å²) in [6, 6.07) is 8.55. The van der Waals surface area contributed by atoms with E-state index in [4.69, 9.17) is 0 Å². The van der Waals surface area contributed by atoms with E-state index < -0.39 is 18.4 Å². The van der Waals surface area contributed by atoms with Gasteiger partial charge >= 0.3 is 6.18 Å². The highest BCUT2D eigenvalue weighted by atomic mass is 19.4. The topological polar surface area (TPSA) is 64.6 Å². The second-order valence-electron chi connectivity index (χ2n) is 6.84. The number of carbonyl (C=O) groups excluding carboxylic acids is 1. The van der Waals surface area contributed by atoms with Gasteiger partial charge in [0.1, 0.15) is 0 Å². The van der Waals surface area contributed by atoms with Gasteiger partial charge in [0.05, 0.1) is 12.1 Å². The van der Waals surface area contributed by atoms with E-state index in [-0.39, 0.29) is 18.0 Å². The maximum Gasteiger partial charge on any atom is 0.427 e. The zero-order valence-corrected chi connectivity index (χ0v) is 15.0. The molecule has 4 atom stereocenters. The fourth-order valence-electron chi connectivity index (χ4n) is 3.34. The number of hydrogen-bond acceptors (Lipinski definition) is 4. The molecule has 27 heavy (non-hydrogen) atoms. The third-order valence-electron chi connectivity index (χ3n) is 5.00. The summed E-state index contributed by atoms with van der Waals surface area (Å²) in [5, 5.41) is 14.4. The van der Waals surface area contributed by atoms with Crippen molar-refractivity contribution in [1.82, 2.24) is 15.5 Å². The van der Waals surface area contributed by atoms with E-state index in [9.17, 15) is 23.1 Å². The fourth-order valence-corrected chi connectivity index (χ4v) is 3.34. The highest BCUT2D eigenvalue weighted by molar-refractivity contribution is 5.98. The van der Waals surface area contributed by atoms with Crippen molar-refractivity contribution in [2.24, 2.45) is 0 Å². The van der Waals surface area contributed by atoms with Gasteiger partial charge < -0.3 is 15.3 Å². The molecule has 2 heterocycles. The third-order valence-corrected chi connectivity index (χ3v) is 5.00. The predicted molar refractivity (Wildman–Crippen MR) is 94.3 cm³/mol. The van der Waals surface area contributed by atoms with E-state index in [1.54, 1.807) is 17.2 Å². The zero-order valence-electron chi connectivity index (χ0n) is 15.0. The van der Waals surface area contributed by atoms with Gasteiger partial charge in [0, 0.05) is 24.4 Å². The number of halogens is 3. The lowest BCUT2D eigenvalue weighted by Gasteiger charge is -2.25. The molecule has 1 saturated heterocycles. The molecular weight excluding hydrogens is 359 g/mol. The van der Waals surface area contributed by atoms with Crippen LogP contribution in [0.3, 0.4) is 0 Å². The second kappa shape index (κ2) is 7.36. The molecule has 1 aromatic carbocycles. The van der Waals surface area contributed by atoms with E-state index in [0.29, 0.717) is 17.7 Å². The molecule has 3 N–H and O–H groups in total. The number of fused-ring (bicyclic) bond motifs is 1. The Balaban J connectivity index is 1.73. The summed E-state index contributed by atoms with van der Waals surface area (Å²) in [6.07, 6.45) is -4.17. The Morgan fingerprint density at radius 3 is 2.56 bits per heavy atom. The monoisotopic (exact) mass is 381 g/mol. The normalized spacial score (nSPS) is 23.1. The first-order chi connectivity index (χ1) is 12.7. The van der Waals surface area contributed by atoms with Gasteiger partial charge in [-0.1, -0.05) is 30.3 Å². The lowest BCUT2D eigenvalue weighted by atomic mass is 9.99. The first kappa shape index (κ1) is 19.4. The van der Waals surface area contributed by atoms with Gasteiger partial charge in [-0.15, -0.1) is 0 Å². The van der Waals surface area contributed by atoms with E-state index in [0.717, 1.165) is 5.56 Å². The van der Waals surface area contributed by atoms with Crippen LogP contribution in [0.4, 0.5) is 13.2 Å². The van der Waals surface area contributed by atoms with E-state index in [2.05, 4.69) is 10.6 Å². The van der Waals surface area contributed by atoms with Crippen LogP contribution in [0.1, 0.15) is 25.5 Å². The molecular formula is C19H22F3N3O2. The minimum Gasteiger partial charge on any atom is -0.382 e. The highest BCUT2D eigenvalue weighted by Crippen LogP contribution is 2.31. The van der Waals surface area contributed by atoms with Gasteiger partial charge in [0.25, 0.3) is 5.91 Å². The van der Waals surface area contributed by atoms with Crippen molar-refractivity contribution in [3.8, 4) is 0 Å². The molecule has 5 nitrogen and oxygen atoms in total. The van der Waals surface area contributed by atoms with Gasteiger partial charge in [-0.05, 0) is 31.1 Å². The van der Waals surface area contributed by atoms with Crippen molar-refractivity contribution >= 4 is 5.91 Å². The predicted octanol–water partition coefficient (Wildman–Crippen LogP) is 2.23. The van der Waals surface area contributed by atoms with Crippen molar-refractivity contribution in [1.29, 1.82) is 0 Å². The van der Waals surface area contributed by atoms with Crippen LogP contribution in [0.15, 0.2) is 53.8 Å². The van der Waals surface area contributed by atoms with Gasteiger partial charge in [0.2, 0.25) is 6.23 Å². The van der Waals surface area contributed by atoms with Gasteiger partial charge in [-0.25, -0.2) is 0 Å². The van der Waals surface area contributed by atoms with Crippen molar-refractivity contribution in [3.63, 3.8) is 0 Å². The SMILES string of the molecule is CC(NC(O)C(F)(F)F)C1=CNC2CN(C(C)c3ccccc3)C(=O)C2=C1. The number of carbonyl (C=O) groups is 1. The molecule has 0 aromatic heterocycles. The van der Waals surface area contributed by atoms with Crippen LogP contribution in [0, 0.1) is 0 Å². The Bertz CT molecular complexity index is 761. The third kappa shape index (κ3) is 4.01. The first-order valence-electron chi connectivity index (χ1n) is 8.73. The molecule has 0 radical (unpaired) electrons. The minimum absolute atomic E-state index is 0.113. The quantitative estimate of drug-likeness (QED) is 0.685. The molecule has 0 bridgehead atoms. The zero-order chi connectivity index (χ0) is 19.8. The first-order valence-corrected chi connectivity index (χ1v) is 8.73. The maximum absolute atomic E-state index is 12.8. The molecule has 1 fully saturated rings. The number of benzene rings is 1. The standard InChI is InChI=1S/C19H22F3N3O2/c1-11(24-18(27)19(20,21)22)14-8-15-16(23-9-14)10-25(17(15)26)12(2)13-6-4-3-5-7-13/h3-9,11-12,16,18,23-24,27H,10H2,1-2H3. The minimum atomic E-state index is -4.75.